The molecule has 3 aromatic heterocycles. The number of para-hydroxylation sites is 2. The summed E-state index contributed by atoms with van der Waals surface area (Å²) in [6.07, 6.45) is 0. The Kier molecular flexibility index (Phi) is 9.66. The van der Waals surface area contributed by atoms with Crippen molar-refractivity contribution >= 4 is 53.4 Å². The van der Waals surface area contributed by atoms with Crippen molar-refractivity contribution in [2.24, 2.45) is 0 Å². The topological polar surface area (TPSA) is 51.8 Å². The minimum Gasteiger partial charge on any atom is -0.455 e. The minimum absolute atomic E-state index is 0.547. The Balaban J connectivity index is 0.986. The molecular weight excluding hydrogens is 847 g/mol. The zero-order chi connectivity index (χ0) is 45.0. The second-order valence-electron chi connectivity index (χ2n) is 17.1. The lowest BCUT2D eigenvalue weighted by molar-refractivity contribution is 0.670. The highest BCUT2D eigenvalue weighted by molar-refractivity contribution is 7.26. The van der Waals surface area contributed by atoms with Gasteiger partial charge in [0.25, 0.3) is 0 Å². The summed E-state index contributed by atoms with van der Waals surface area (Å²) < 4.78 is 9.38. The first-order chi connectivity index (χ1) is 33.7. The van der Waals surface area contributed by atoms with Gasteiger partial charge in [-0.3, -0.25) is 0 Å². The van der Waals surface area contributed by atoms with Crippen LogP contribution < -0.4 is 0 Å². The maximum Gasteiger partial charge on any atom is 0.167 e. The van der Waals surface area contributed by atoms with Crippen molar-refractivity contribution in [1.82, 2.24) is 15.0 Å². The molecule has 0 aliphatic heterocycles. The van der Waals surface area contributed by atoms with Crippen molar-refractivity contribution in [3.63, 3.8) is 0 Å². The van der Waals surface area contributed by atoms with Gasteiger partial charge in [0.2, 0.25) is 0 Å². The van der Waals surface area contributed by atoms with E-state index < -0.39 is 0 Å². The van der Waals surface area contributed by atoms with Crippen LogP contribution in [0.3, 0.4) is 0 Å². The van der Waals surface area contributed by atoms with E-state index in [0.29, 0.717) is 17.5 Å². The zero-order valence-corrected chi connectivity index (χ0v) is 37.5. The average Bonchev–Trinajstić information content (AvgIpc) is 4.01. The molecule has 3 heterocycles. The van der Waals surface area contributed by atoms with Gasteiger partial charge in [0.15, 0.2) is 17.5 Å². The van der Waals surface area contributed by atoms with Gasteiger partial charge in [-0.05, 0) is 74.3 Å². The molecule has 4 nitrogen and oxygen atoms in total. The summed E-state index contributed by atoms with van der Waals surface area (Å²) in [5.74, 6) is 1.74. The van der Waals surface area contributed by atoms with Crippen molar-refractivity contribution in [3.05, 3.63) is 237 Å². The number of benzene rings is 10. The highest BCUT2D eigenvalue weighted by Gasteiger charge is 2.22. The first-order valence-corrected chi connectivity index (χ1v) is 23.6. The van der Waals surface area contributed by atoms with Crippen LogP contribution in [0.4, 0.5) is 0 Å². The summed E-state index contributed by atoms with van der Waals surface area (Å²) in [5.41, 5.74) is 15.7. The normalized spacial score (nSPS) is 11.5. The van der Waals surface area contributed by atoms with E-state index in [1.165, 1.54) is 43.3 Å². The second kappa shape index (κ2) is 16.6. The Morgan fingerprint density at radius 1 is 0.250 bits per heavy atom. The van der Waals surface area contributed by atoms with E-state index in [2.05, 4.69) is 224 Å². The fourth-order valence-corrected chi connectivity index (χ4v) is 11.0. The average molecular weight is 886 g/mol. The van der Waals surface area contributed by atoms with Gasteiger partial charge in [-0.2, -0.15) is 0 Å². The summed E-state index contributed by atoms with van der Waals surface area (Å²) >= 11 is 1.79. The van der Waals surface area contributed by atoms with Crippen molar-refractivity contribution < 1.29 is 4.42 Å². The van der Waals surface area contributed by atoms with E-state index in [1.54, 1.807) is 11.3 Å². The SMILES string of the molecule is c1ccc(-c2ccc(-c3nc(-c4cccc5c4oc4c(-c6cccc(-c7ccccc7)c6)cccc45)nc(-c4cccc5c4sc4c(-c6cccc(-c7ccccc7)c6)cccc45)n3)cc2)cc1. The van der Waals surface area contributed by atoms with Gasteiger partial charge in [0.1, 0.15) is 11.2 Å². The third kappa shape index (κ3) is 6.96. The van der Waals surface area contributed by atoms with Gasteiger partial charge in [-0.25, -0.2) is 15.0 Å². The number of furan rings is 1. The van der Waals surface area contributed by atoms with Gasteiger partial charge < -0.3 is 4.42 Å². The second-order valence-corrected chi connectivity index (χ2v) is 18.1. The molecule has 0 radical (unpaired) electrons. The van der Waals surface area contributed by atoms with Crippen LogP contribution >= 0.6 is 11.3 Å². The lowest BCUT2D eigenvalue weighted by Gasteiger charge is -2.10. The Morgan fingerprint density at radius 3 is 1.21 bits per heavy atom. The molecule has 13 rings (SSSR count). The third-order valence-electron chi connectivity index (χ3n) is 13.0. The van der Waals surface area contributed by atoms with Crippen LogP contribution in [0.1, 0.15) is 0 Å². The molecule has 0 atom stereocenters. The molecule has 0 saturated carbocycles. The lowest BCUT2D eigenvalue weighted by atomic mass is 9.97. The van der Waals surface area contributed by atoms with E-state index in [9.17, 15) is 0 Å². The summed E-state index contributed by atoms with van der Waals surface area (Å²) in [6.45, 7) is 0. The molecule has 0 aliphatic rings. The lowest BCUT2D eigenvalue weighted by Crippen LogP contribution is -2.00. The fourth-order valence-electron chi connectivity index (χ4n) is 9.63. The van der Waals surface area contributed by atoms with Crippen LogP contribution in [-0.4, -0.2) is 15.0 Å². The van der Waals surface area contributed by atoms with E-state index >= 15 is 0 Å². The molecule has 5 heteroatoms. The first kappa shape index (κ1) is 39.6. The summed E-state index contributed by atoms with van der Waals surface area (Å²) in [5, 5.41) is 4.42. The number of thiophene rings is 1. The van der Waals surface area contributed by atoms with Gasteiger partial charge in [-0.1, -0.05) is 212 Å². The minimum atomic E-state index is 0.547. The van der Waals surface area contributed by atoms with Crippen LogP contribution in [-0.2, 0) is 0 Å². The molecule has 68 heavy (non-hydrogen) atoms. The van der Waals surface area contributed by atoms with E-state index in [4.69, 9.17) is 19.4 Å². The molecule has 0 N–H and O–H groups in total. The van der Waals surface area contributed by atoms with Crippen LogP contribution in [0.15, 0.2) is 241 Å². The zero-order valence-electron chi connectivity index (χ0n) is 36.7. The molecule has 0 fully saturated rings. The Hall–Kier alpha value is -8.77. The van der Waals surface area contributed by atoms with E-state index in [1.807, 2.05) is 12.1 Å². The van der Waals surface area contributed by atoms with Crippen molar-refractivity contribution in [2.75, 3.05) is 0 Å². The van der Waals surface area contributed by atoms with Crippen LogP contribution in [0.5, 0.6) is 0 Å². The molecule has 0 saturated heterocycles. The van der Waals surface area contributed by atoms with Crippen LogP contribution in [0.25, 0.3) is 132 Å². The molecule has 318 valence electrons. The van der Waals surface area contributed by atoms with Crippen molar-refractivity contribution in [1.29, 1.82) is 0 Å². The highest BCUT2D eigenvalue weighted by atomic mass is 32.1. The molecule has 0 amide bonds. The van der Waals surface area contributed by atoms with Crippen LogP contribution in [0, 0.1) is 0 Å². The molecular formula is C63H39N3OS. The molecule has 13 aromatic rings. The fraction of sp³-hybridized carbons (Fsp3) is 0. The number of nitrogens with zero attached hydrogens (tertiary/aromatic N) is 3. The maximum absolute atomic E-state index is 7.03. The number of fused-ring (bicyclic) bond motifs is 6. The molecule has 0 aliphatic carbocycles. The predicted octanol–water partition coefficient (Wildman–Crippen LogP) is 17.5. The van der Waals surface area contributed by atoms with Crippen LogP contribution in [0.2, 0.25) is 0 Å². The third-order valence-corrected chi connectivity index (χ3v) is 14.3. The summed E-state index contributed by atoms with van der Waals surface area (Å²) in [7, 11) is 0. The summed E-state index contributed by atoms with van der Waals surface area (Å²) in [4.78, 5) is 16.0. The van der Waals surface area contributed by atoms with Gasteiger partial charge in [-0.15, -0.1) is 11.3 Å². The van der Waals surface area contributed by atoms with Crippen molar-refractivity contribution in [2.45, 2.75) is 0 Å². The molecule has 0 bridgehead atoms. The van der Waals surface area contributed by atoms with Gasteiger partial charge >= 0.3 is 0 Å². The van der Waals surface area contributed by atoms with E-state index in [-0.39, 0.29) is 0 Å². The molecule has 0 spiro atoms. The van der Waals surface area contributed by atoms with E-state index in [0.717, 1.165) is 71.1 Å². The number of rotatable bonds is 8. The number of hydrogen-bond acceptors (Lipinski definition) is 5. The van der Waals surface area contributed by atoms with Gasteiger partial charge in [0.05, 0.1) is 5.56 Å². The molecule has 10 aromatic carbocycles. The standard InChI is InChI=1S/C63H39N3OS/c1-4-16-40(17-5-1)43-34-36-44(37-35-43)61-64-62(55-32-14-29-52-51-28-12-26-49(57(51)67-58(52)55)47-24-10-22-45(38-47)41-18-6-2-7-19-41)66-63(65-61)56-33-15-31-54-53-30-13-27-50(59(53)68-60(54)56)48-25-11-23-46(39-48)42-20-8-3-9-21-42/h1-39H. The maximum atomic E-state index is 7.03. The number of hydrogen-bond donors (Lipinski definition) is 0. The predicted molar refractivity (Wildman–Crippen MR) is 283 cm³/mol. The number of aromatic nitrogens is 3. The first-order valence-electron chi connectivity index (χ1n) is 22.8. The van der Waals surface area contributed by atoms with Crippen molar-refractivity contribution in [3.8, 4) is 89.8 Å². The highest BCUT2D eigenvalue weighted by Crippen LogP contribution is 2.45. The Morgan fingerprint density at radius 2 is 0.618 bits per heavy atom. The smallest absolute Gasteiger partial charge is 0.167 e. The monoisotopic (exact) mass is 885 g/mol. The largest absolute Gasteiger partial charge is 0.455 e. The van der Waals surface area contributed by atoms with Gasteiger partial charge in [0, 0.05) is 47.6 Å². The quantitative estimate of drug-likeness (QED) is 0.153. The summed E-state index contributed by atoms with van der Waals surface area (Å²) in [6, 6.07) is 83.3. The Labute approximate surface area is 397 Å². The Bertz CT molecular complexity index is 3790. The molecule has 0 unspecified atom stereocenters.